The maximum absolute atomic E-state index is 13.5. The van der Waals surface area contributed by atoms with Crippen molar-refractivity contribution < 1.29 is 22.7 Å². The first-order valence-corrected chi connectivity index (χ1v) is 15.5. The number of morpholine rings is 1. The molecule has 6 rings (SSSR count). The van der Waals surface area contributed by atoms with Crippen molar-refractivity contribution in [2.75, 3.05) is 57.4 Å². The van der Waals surface area contributed by atoms with Crippen LogP contribution in [0.15, 0.2) is 89.8 Å². The van der Waals surface area contributed by atoms with Gasteiger partial charge in [-0.1, -0.05) is 60.7 Å². The number of nitrogens with zero attached hydrogens (tertiary/aromatic N) is 4. The van der Waals surface area contributed by atoms with Gasteiger partial charge in [0.25, 0.3) is 5.91 Å². The largest absolute Gasteiger partial charge is 0.379 e. The Morgan fingerprint density at radius 1 is 0.707 bits per heavy atom. The number of carbonyl (C=O) groups is 2. The maximum Gasteiger partial charge on any atom is 0.251 e. The molecule has 3 aliphatic rings. The van der Waals surface area contributed by atoms with E-state index in [-0.39, 0.29) is 29.2 Å². The summed E-state index contributed by atoms with van der Waals surface area (Å²) in [6, 6.07) is 26.5. The van der Waals surface area contributed by atoms with E-state index < -0.39 is 16.1 Å². The standard InChI is InChI=1S/C31H34N4O5S/c36-29-23-28(31(37)35(29)26-11-13-27(14-12-26)41(38,39)34-19-21-40-22-20-34)32-15-17-33(18-16-32)30(24-7-3-1-4-8-24)25-9-5-2-6-10-25/h1-14,28,30H,15-23H2/t28-/m1/s1. The summed E-state index contributed by atoms with van der Waals surface area (Å²) < 4.78 is 32.6. The number of piperazine rings is 1. The van der Waals surface area contributed by atoms with Gasteiger partial charge in [-0.25, -0.2) is 13.3 Å². The third-order valence-electron chi connectivity index (χ3n) is 8.21. The number of amides is 2. The van der Waals surface area contributed by atoms with Gasteiger partial charge in [0, 0.05) is 39.3 Å². The van der Waals surface area contributed by atoms with E-state index in [4.69, 9.17) is 4.74 Å². The lowest BCUT2D eigenvalue weighted by atomic mass is 9.96. The highest BCUT2D eigenvalue weighted by Crippen LogP contribution is 2.32. The van der Waals surface area contributed by atoms with Gasteiger partial charge >= 0.3 is 0 Å². The summed E-state index contributed by atoms with van der Waals surface area (Å²) in [6.07, 6.45) is 0.119. The molecule has 0 N–H and O–H groups in total. The van der Waals surface area contributed by atoms with Gasteiger partial charge in [0.2, 0.25) is 15.9 Å². The van der Waals surface area contributed by atoms with Crippen molar-refractivity contribution in [3.63, 3.8) is 0 Å². The molecule has 0 aromatic heterocycles. The van der Waals surface area contributed by atoms with Gasteiger partial charge in [-0.2, -0.15) is 4.31 Å². The van der Waals surface area contributed by atoms with Crippen LogP contribution in [0.2, 0.25) is 0 Å². The lowest BCUT2D eigenvalue weighted by Gasteiger charge is -2.41. The number of benzene rings is 3. The highest BCUT2D eigenvalue weighted by Gasteiger charge is 2.44. The summed E-state index contributed by atoms with van der Waals surface area (Å²) in [5.41, 5.74) is 2.85. The molecule has 2 amide bonds. The fourth-order valence-electron chi connectivity index (χ4n) is 6.07. The fourth-order valence-corrected chi connectivity index (χ4v) is 7.48. The molecule has 0 spiro atoms. The molecule has 3 heterocycles. The summed E-state index contributed by atoms with van der Waals surface area (Å²) in [4.78, 5) is 32.4. The monoisotopic (exact) mass is 574 g/mol. The molecule has 3 aromatic carbocycles. The summed E-state index contributed by atoms with van der Waals surface area (Å²) in [6.45, 7) is 4.21. The molecule has 1 atom stereocenters. The molecule has 3 fully saturated rings. The molecule has 3 aromatic rings. The molecule has 3 aliphatic heterocycles. The van der Waals surface area contributed by atoms with E-state index in [1.807, 2.05) is 12.1 Å². The second kappa shape index (κ2) is 11.8. The van der Waals surface area contributed by atoms with E-state index in [2.05, 4.69) is 58.3 Å². The number of carbonyl (C=O) groups excluding carboxylic acids is 2. The molecule has 0 bridgehead atoms. The van der Waals surface area contributed by atoms with Gasteiger partial charge in [-0.3, -0.25) is 19.4 Å². The predicted molar refractivity (Wildman–Crippen MR) is 155 cm³/mol. The molecule has 0 saturated carbocycles. The van der Waals surface area contributed by atoms with Crippen LogP contribution in [-0.2, 0) is 24.3 Å². The van der Waals surface area contributed by atoms with Crippen LogP contribution in [0.25, 0.3) is 0 Å². The Kier molecular flexibility index (Phi) is 8.01. The molecule has 0 radical (unpaired) electrons. The third kappa shape index (κ3) is 5.58. The van der Waals surface area contributed by atoms with E-state index in [0.29, 0.717) is 45.1 Å². The Morgan fingerprint density at radius 3 is 1.83 bits per heavy atom. The topological polar surface area (TPSA) is 90.5 Å². The minimum absolute atomic E-state index is 0.115. The molecule has 10 heteroatoms. The lowest BCUT2D eigenvalue weighted by molar-refractivity contribution is -0.123. The summed E-state index contributed by atoms with van der Waals surface area (Å²) in [5, 5.41) is 0. The van der Waals surface area contributed by atoms with Crippen LogP contribution >= 0.6 is 0 Å². The minimum atomic E-state index is -3.66. The molecule has 214 valence electrons. The third-order valence-corrected chi connectivity index (χ3v) is 10.1. The van der Waals surface area contributed by atoms with Crippen LogP contribution in [0.4, 0.5) is 5.69 Å². The Labute approximate surface area is 241 Å². The van der Waals surface area contributed by atoms with Gasteiger partial charge < -0.3 is 4.74 Å². The average molecular weight is 575 g/mol. The van der Waals surface area contributed by atoms with Gasteiger partial charge in [-0.05, 0) is 35.4 Å². The van der Waals surface area contributed by atoms with Crippen LogP contribution in [-0.4, -0.2) is 92.9 Å². The lowest BCUT2D eigenvalue weighted by Crippen LogP contribution is -2.53. The van der Waals surface area contributed by atoms with E-state index in [9.17, 15) is 18.0 Å². The van der Waals surface area contributed by atoms with Gasteiger partial charge in [0.05, 0.1) is 42.3 Å². The second-order valence-electron chi connectivity index (χ2n) is 10.6. The van der Waals surface area contributed by atoms with E-state index in [0.717, 1.165) is 13.1 Å². The van der Waals surface area contributed by atoms with Crippen molar-refractivity contribution in [3.8, 4) is 0 Å². The minimum Gasteiger partial charge on any atom is -0.379 e. The zero-order chi connectivity index (χ0) is 28.4. The zero-order valence-corrected chi connectivity index (χ0v) is 23.7. The highest BCUT2D eigenvalue weighted by molar-refractivity contribution is 7.89. The fraction of sp³-hybridized carbons (Fsp3) is 0.355. The quantitative estimate of drug-likeness (QED) is 0.401. The molecule has 3 saturated heterocycles. The maximum atomic E-state index is 13.5. The SMILES string of the molecule is O=C1C[C@@H](N2CCN(C(c3ccccc3)c3ccccc3)CC2)C(=O)N1c1ccc(S(=O)(=O)N2CCOCC2)cc1. The average Bonchev–Trinajstić information content (AvgIpc) is 3.32. The molecule has 0 aliphatic carbocycles. The summed E-state index contributed by atoms with van der Waals surface area (Å²) in [5.74, 6) is -0.521. The van der Waals surface area contributed by atoms with E-state index in [1.165, 1.54) is 32.5 Å². The Hall–Kier alpha value is -3.41. The first-order chi connectivity index (χ1) is 19.9. The molecular weight excluding hydrogens is 540 g/mol. The number of anilines is 1. The Morgan fingerprint density at radius 2 is 1.27 bits per heavy atom. The Bertz CT molecular complexity index is 1430. The van der Waals surface area contributed by atoms with Gasteiger partial charge in [0.15, 0.2) is 0 Å². The van der Waals surface area contributed by atoms with Crippen molar-refractivity contribution in [1.82, 2.24) is 14.1 Å². The van der Waals surface area contributed by atoms with Crippen molar-refractivity contribution in [3.05, 3.63) is 96.1 Å². The van der Waals surface area contributed by atoms with Crippen LogP contribution in [0.5, 0.6) is 0 Å². The van der Waals surface area contributed by atoms with Crippen molar-refractivity contribution in [2.24, 2.45) is 0 Å². The molecule has 9 nitrogen and oxygen atoms in total. The summed E-state index contributed by atoms with van der Waals surface area (Å²) in [7, 11) is -3.66. The van der Waals surface area contributed by atoms with Gasteiger partial charge in [0.1, 0.15) is 0 Å². The number of ether oxygens (including phenoxy) is 1. The second-order valence-corrected chi connectivity index (χ2v) is 12.5. The molecular formula is C31H34N4O5S. The van der Waals surface area contributed by atoms with Crippen LogP contribution in [0.3, 0.4) is 0 Å². The smallest absolute Gasteiger partial charge is 0.251 e. The van der Waals surface area contributed by atoms with Crippen molar-refractivity contribution >= 4 is 27.5 Å². The predicted octanol–water partition coefficient (Wildman–Crippen LogP) is 2.75. The first kappa shape index (κ1) is 27.7. The highest BCUT2D eigenvalue weighted by atomic mass is 32.2. The van der Waals surface area contributed by atoms with E-state index >= 15 is 0 Å². The van der Waals surface area contributed by atoms with Gasteiger partial charge in [-0.15, -0.1) is 0 Å². The van der Waals surface area contributed by atoms with E-state index in [1.54, 1.807) is 12.1 Å². The number of imide groups is 1. The normalized spacial score (nSPS) is 21.6. The molecule has 41 heavy (non-hydrogen) atoms. The first-order valence-electron chi connectivity index (χ1n) is 14.1. The summed E-state index contributed by atoms with van der Waals surface area (Å²) >= 11 is 0. The number of hydrogen-bond acceptors (Lipinski definition) is 7. The van der Waals surface area contributed by atoms with Crippen LogP contribution < -0.4 is 4.90 Å². The van der Waals surface area contributed by atoms with Crippen LogP contribution in [0.1, 0.15) is 23.6 Å². The van der Waals surface area contributed by atoms with Crippen molar-refractivity contribution in [1.29, 1.82) is 0 Å². The number of rotatable bonds is 7. The molecule has 0 unspecified atom stereocenters. The van der Waals surface area contributed by atoms with Crippen molar-refractivity contribution in [2.45, 2.75) is 23.4 Å². The number of hydrogen-bond donors (Lipinski definition) is 0. The zero-order valence-electron chi connectivity index (χ0n) is 22.8. The Balaban J connectivity index is 1.13. The number of sulfonamides is 1. The van der Waals surface area contributed by atoms with Crippen LogP contribution in [0, 0.1) is 0 Å².